The number of rotatable bonds is 3. The molecule has 0 bridgehead atoms. The number of hydrogen-bond donors (Lipinski definition) is 0. The summed E-state index contributed by atoms with van der Waals surface area (Å²) < 4.78 is 3.33. The molecule has 0 aliphatic carbocycles. The Kier molecular flexibility index (Phi) is 3.87. The molecule has 0 saturated carbocycles. The standard InChI is InChI=1S/C23H20N2OS/c1-16-13-18-9-5-6-10-19(18)25(16)23(26)21-14-22-20(11-12-27-22)24(21)15-17-7-3-2-4-8-17/h2-12,14,16H,13,15H2,1H3/t16-/m0/s1. The zero-order chi connectivity index (χ0) is 18.4. The zero-order valence-electron chi connectivity index (χ0n) is 15.1. The monoisotopic (exact) mass is 372 g/mol. The van der Waals surface area contributed by atoms with Crippen LogP contribution in [0.15, 0.2) is 72.1 Å². The molecule has 0 radical (unpaired) electrons. The van der Waals surface area contributed by atoms with Gasteiger partial charge in [0.25, 0.3) is 5.91 Å². The van der Waals surface area contributed by atoms with Crippen LogP contribution in [0.1, 0.15) is 28.5 Å². The van der Waals surface area contributed by atoms with Gasteiger partial charge in [-0.05, 0) is 48.1 Å². The fraction of sp³-hybridized carbons (Fsp3) is 0.174. The maximum atomic E-state index is 13.6. The lowest BCUT2D eigenvalue weighted by atomic mass is 10.1. The summed E-state index contributed by atoms with van der Waals surface area (Å²) in [5.74, 6) is 0.0896. The molecule has 0 saturated heterocycles. The number of hydrogen-bond acceptors (Lipinski definition) is 2. The van der Waals surface area contributed by atoms with Gasteiger partial charge < -0.3 is 9.47 Å². The normalized spacial score (nSPS) is 16.0. The number of carbonyl (C=O) groups excluding carboxylic acids is 1. The molecule has 0 fully saturated rings. The van der Waals surface area contributed by atoms with Gasteiger partial charge in [-0.15, -0.1) is 11.3 Å². The van der Waals surface area contributed by atoms with Gasteiger partial charge in [0.2, 0.25) is 0 Å². The predicted molar refractivity (Wildman–Crippen MR) is 112 cm³/mol. The number of nitrogens with zero attached hydrogens (tertiary/aromatic N) is 2. The van der Waals surface area contributed by atoms with Crippen molar-refractivity contribution in [2.45, 2.75) is 25.9 Å². The highest BCUT2D eigenvalue weighted by Crippen LogP contribution is 2.35. The van der Waals surface area contributed by atoms with E-state index in [1.807, 2.05) is 35.2 Å². The summed E-state index contributed by atoms with van der Waals surface area (Å²) in [5, 5.41) is 2.09. The summed E-state index contributed by atoms with van der Waals surface area (Å²) in [6, 6.07) is 22.9. The van der Waals surface area contributed by atoms with E-state index >= 15 is 0 Å². The predicted octanol–water partition coefficient (Wildman–Crippen LogP) is 5.34. The Hall–Kier alpha value is -2.85. The molecule has 134 valence electrons. The van der Waals surface area contributed by atoms with E-state index in [0.29, 0.717) is 6.54 Å². The Morgan fingerprint density at radius 1 is 1.07 bits per heavy atom. The molecule has 0 spiro atoms. The van der Waals surface area contributed by atoms with Crippen LogP contribution in [0.2, 0.25) is 0 Å². The van der Waals surface area contributed by atoms with Crippen molar-refractivity contribution in [2.75, 3.05) is 4.90 Å². The minimum atomic E-state index is 0.0896. The maximum Gasteiger partial charge on any atom is 0.275 e. The Morgan fingerprint density at radius 3 is 2.70 bits per heavy atom. The van der Waals surface area contributed by atoms with Gasteiger partial charge >= 0.3 is 0 Å². The maximum absolute atomic E-state index is 13.6. The van der Waals surface area contributed by atoms with Gasteiger partial charge in [-0.25, -0.2) is 0 Å². The van der Waals surface area contributed by atoms with E-state index < -0.39 is 0 Å². The molecule has 1 amide bonds. The highest BCUT2D eigenvalue weighted by atomic mass is 32.1. The van der Waals surface area contributed by atoms with Crippen LogP contribution in [-0.2, 0) is 13.0 Å². The summed E-state index contributed by atoms with van der Waals surface area (Å²) in [4.78, 5) is 15.6. The molecule has 4 heteroatoms. The van der Waals surface area contributed by atoms with Crippen LogP contribution in [0, 0.1) is 0 Å². The van der Waals surface area contributed by atoms with Crippen molar-refractivity contribution in [3.8, 4) is 0 Å². The van der Waals surface area contributed by atoms with Crippen LogP contribution in [0.4, 0.5) is 5.69 Å². The minimum Gasteiger partial charge on any atom is -0.331 e. The van der Waals surface area contributed by atoms with Crippen LogP contribution in [0.5, 0.6) is 0 Å². The first-order valence-electron chi connectivity index (χ1n) is 9.24. The molecular weight excluding hydrogens is 352 g/mol. The van der Waals surface area contributed by atoms with Crippen LogP contribution in [0.3, 0.4) is 0 Å². The highest BCUT2D eigenvalue weighted by molar-refractivity contribution is 7.17. The van der Waals surface area contributed by atoms with Crippen molar-refractivity contribution in [1.29, 1.82) is 0 Å². The topological polar surface area (TPSA) is 25.2 Å². The molecule has 4 aromatic rings. The zero-order valence-corrected chi connectivity index (χ0v) is 15.9. The molecule has 0 N–H and O–H groups in total. The van der Waals surface area contributed by atoms with Crippen LogP contribution < -0.4 is 4.90 Å². The van der Waals surface area contributed by atoms with E-state index in [1.165, 1.54) is 11.1 Å². The van der Waals surface area contributed by atoms with Gasteiger partial charge in [-0.2, -0.15) is 0 Å². The molecule has 2 aromatic heterocycles. The Morgan fingerprint density at radius 2 is 1.85 bits per heavy atom. The third kappa shape index (κ3) is 2.68. The summed E-state index contributed by atoms with van der Waals surface area (Å²) in [6.45, 7) is 2.83. The first-order valence-corrected chi connectivity index (χ1v) is 10.1. The van der Waals surface area contributed by atoms with Crippen molar-refractivity contribution in [2.24, 2.45) is 0 Å². The fourth-order valence-corrected chi connectivity index (χ4v) is 4.91. The lowest BCUT2D eigenvalue weighted by Gasteiger charge is -2.23. The van der Waals surface area contributed by atoms with Crippen molar-refractivity contribution >= 4 is 33.1 Å². The van der Waals surface area contributed by atoms with Crippen molar-refractivity contribution < 1.29 is 4.79 Å². The molecule has 0 unspecified atom stereocenters. The van der Waals surface area contributed by atoms with E-state index in [9.17, 15) is 4.79 Å². The van der Waals surface area contributed by atoms with Crippen molar-refractivity contribution in [1.82, 2.24) is 4.57 Å². The number of thiophene rings is 1. The number of amides is 1. The molecule has 3 nitrogen and oxygen atoms in total. The fourth-order valence-electron chi connectivity index (χ4n) is 4.09. The van der Waals surface area contributed by atoms with Crippen LogP contribution in [0.25, 0.3) is 10.2 Å². The van der Waals surface area contributed by atoms with Gasteiger partial charge in [0, 0.05) is 18.3 Å². The third-order valence-electron chi connectivity index (χ3n) is 5.35. The molecule has 2 aromatic carbocycles. The second-order valence-electron chi connectivity index (χ2n) is 7.13. The van der Waals surface area contributed by atoms with Gasteiger partial charge in [0.1, 0.15) is 5.69 Å². The van der Waals surface area contributed by atoms with E-state index in [4.69, 9.17) is 0 Å². The van der Waals surface area contributed by atoms with Gasteiger partial charge in [0.05, 0.1) is 10.2 Å². The van der Waals surface area contributed by atoms with Crippen LogP contribution in [-0.4, -0.2) is 16.5 Å². The molecule has 1 aliphatic rings. The number of para-hydroxylation sites is 1. The van der Waals surface area contributed by atoms with Gasteiger partial charge in [0.15, 0.2) is 0 Å². The average Bonchev–Trinajstić information content (AvgIpc) is 3.35. The summed E-state index contributed by atoms with van der Waals surface area (Å²) in [7, 11) is 0. The second kappa shape index (κ2) is 6.39. The average molecular weight is 372 g/mol. The third-order valence-corrected chi connectivity index (χ3v) is 6.20. The van der Waals surface area contributed by atoms with E-state index in [2.05, 4.69) is 53.3 Å². The highest BCUT2D eigenvalue weighted by Gasteiger charge is 2.33. The molecule has 1 atom stereocenters. The lowest BCUT2D eigenvalue weighted by molar-refractivity contribution is 0.0973. The quantitative estimate of drug-likeness (QED) is 0.476. The largest absolute Gasteiger partial charge is 0.331 e. The number of fused-ring (bicyclic) bond motifs is 2. The van der Waals surface area contributed by atoms with Gasteiger partial charge in [-0.1, -0.05) is 48.5 Å². The molecule has 3 heterocycles. The second-order valence-corrected chi connectivity index (χ2v) is 8.08. The number of benzene rings is 2. The van der Waals surface area contributed by atoms with E-state index in [1.54, 1.807) is 11.3 Å². The smallest absolute Gasteiger partial charge is 0.275 e. The van der Waals surface area contributed by atoms with Crippen molar-refractivity contribution in [3.63, 3.8) is 0 Å². The summed E-state index contributed by atoms with van der Waals surface area (Å²) >= 11 is 1.69. The Bertz CT molecular complexity index is 1130. The van der Waals surface area contributed by atoms with Gasteiger partial charge in [-0.3, -0.25) is 4.79 Å². The van der Waals surface area contributed by atoms with Crippen LogP contribution >= 0.6 is 11.3 Å². The minimum absolute atomic E-state index is 0.0896. The Balaban J connectivity index is 1.60. The number of carbonyl (C=O) groups is 1. The summed E-state index contributed by atoms with van der Waals surface area (Å²) in [5.41, 5.74) is 5.40. The van der Waals surface area contributed by atoms with Crippen molar-refractivity contribution in [3.05, 3.63) is 88.9 Å². The first-order chi connectivity index (χ1) is 13.2. The SMILES string of the molecule is C[C@H]1Cc2ccccc2N1C(=O)c1cc2sccc2n1Cc1ccccc1. The number of aromatic nitrogens is 1. The molecule has 1 aliphatic heterocycles. The van der Waals surface area contributed by atoms with E-state index in [-0.39, 0.29) is 11.9 Å². The first kappa shape index (κ1) is 16.3. The number of anilines is 1. The molecule has 5 rings (SSSR count). The molecule has 27 heavy (non-hydrogen) atoms. The Labute approximate surface area is 162 Å². The molecular formula is C23H20N2OS. The summed E-state index contributed by atoms with van der Waals surface area (Å²) in [6.07, 6.45) is 0.912. The van der Waals surface area contributed by atoms with E-state index in [0.717, 1.165) is 28.0 Å². The lowest BCUT2D eigenvalue weighted by Crippen LogP contribution is -2.37.